The highest BCUT2D eigenvalue weighted by atomic mass is 19.1. The Bertz CT molecular complexity index is 1160. The number of nitrogens with one attached hydrogen (secondary N) is 1. The molecule has 3 aromatic rings. The highest BCUT2D eigenvalue weighted by molar-refractivity contribution is 5.93. The molecule has 1 atom stereocenters. The van der Waals surface area contributed by atoms with Gasteiger partial charge in [-0.15, -0.1) is 0 Å². The first-order valence-electron chi connectivity index (χ1n) is 10.2. The third-order valence-electron chi connectivity index (χ3n) is 5.50. The minimum absolute atomic E-state index is 0.0875. The molecule has 1 aliphatic heterocycles. The van der Waals surface area contributed by atoms with Crippen LogP contribution in [0.4, 0.5) is 15.9 Å². The molecule has 0 aliphatic carbocycles. The van der Waals surface area contributed by atoms with Gasteiger partial charge in [0.2, 0.25) is 5.91 Å². The average Bonchev–Trinajstić information content (AvgIpc) is 2.72. The Morgan fingerprint density at radius 3 is 2.73 bits per heavy atom. The van der Waals surface area contributed by atoms with Crippen LogP contribution in [0.1, 0.15) is 25.3 Å². The van der Waals surface area contributed by atoms with E-state index in [4.69, 9.17) is 0 Å². The molecule has 6 nitrogen and oxygen atoms in total. The fourth-order valence-electron chi connectivity index (χ4n) is 3.99. The van der Waals surface area contributed by atoms with Gasteiger partial charge in [0, 0.05) is 18.5 Å². The monoisotopic (exact) mass is 408 g/mol. The Kier molecular flexibility index (Phi) is 5.53. The summed E-state index contributed by atoms with van der Waals surface area (Å²) in [7, 11) is 0. The van der Waals surface area contributed by atoms with Gasteiger partial charge < -0.3 is 10.2 Å². The second-order valence-corrected chi connectivity index (χ2v) is 8.06. The molecule has 1 aliphatic rings. The SMILES string of the molecule is Cc1ccc(NC(=O)Cn2nc(N3CCCC(C)C3)c3ccccc3c2=O)c(F)c1. The number of amides is 1. The number of piperidine rings is 1. The molecular formula is C23H25FN4O2. The molecule has 0 radical (unpaired) electrons. The van der Waals surface area contributed by atoms with E-state index in [0.717, 1.165) is 30.5 Å². The number of fused-ring (bicyclic) bond motifs is 1. The number of carbonyl (C=O) groups excluding carboxylic acids is 1. The average molecular weight is 408 g/mol. The summed E-state index contributed by atoms with van der Waals surface area (Å²) in [5.41, 5.74) is 0.516. The zero-order valence-corrected chi connectivity index (χ0v) is 17.2. The van der Waals surface area contributed by atoms with Gasteiger partial charge in [-0.05, 0) is 49.4 Å². The number of halogens is 1. The molecule has 1 amide bonds. The number of rotatable bonds is 4. The van der Waals surface area contributed by atoms with Crippen LogP contribution in [-0.4, -0.2) is 28.8 Å². The first-order chi connectivity index (χ1) is 14.4. The summed E-state index contributed by atoms with van der Waals surface area (Å²) in [5, 5.41) is 8.41. The minimum Gasteiger partial charge on any atom is -0.354 e. The first kappa shape index (κ1) is 20.1. The van der Waals surface area contributed by atoms with Crippen LogP contribution in [0.5, 0.6) is 0 Å². The first-order valence-corrected chi connectivity index (χ1v) is 10.2. The van der Waals surface area contributed by atoms with Crippen molar-refractivity contribution in [2.45, 2.75) is 33.2 Å². The molecule has 1 unspecified atom stereocenters. The smallest absolute Gasteiger partial charge is 0.275 e. The Morgan fingerprint density at radius 1 is 1.23 bits per heavy atom. The molecule has 1 saturated heterocycles. The van der Waals surface area contributed by atoms with Crippen LogP contribution >= 0.6 is 0 Å². The van der Waals surface area contributed by atoms with E-state index in [1.807, 2.05) is 12.1 Å². The van der Waals surface area contributed by atoms with E-state index in [9.17, 15) is 14.0 Å². The summed E-state index contributed by atoms with van der Waals surface area (Å²) < 4.78 is 15.3. The zero-order chi connectivity index (χ0) is 21.3. The molecule has 1 aromatic heterocycles. The van der Waals surface area contributed by atoms with Crippen LogP contribution in [0.2, 0.25) is 0 Å². The van der Waals surface area contributed by atoms with Gasteiger partial charge in [0.15, 0.2) is 5.82 Å². The number of hydrogen-bond donors (Lipinski definition) is 1. The number of benzene rings is 2. The van der Waals surface area contributed by atoms with E-state index in [-0.39, 0.29) is 17.8 Å². The number of nitrogens with zero attached hydrogens (tertiary/aromatic N) is 3. The Morgan fingerprint density at radius 2 is 2.00 bits per heavy atom. The van der Waals surface area contributed by atoms with E-state index < -0.39 is 11.7 Å². The van der Waals surface area contributed by atoms with Gasteiger partial charge in [0.1, 0.15) is 12.4 Å². The molecule has 0 saturated carbocycles. The number of carbonyl (C=O) groups is 1. The van der Waals surface area contributed by atoms with Crippen LogP contribution < -0.4 is 15.8 Å². The zero-order valence-electron chi connectivity index (χ0n) is 17.2. The maximum atomic E-state index is 14.1. The Balaban J connectivity index is 1.67. The minimum atomic E-state index is -0.509. The fraction of sp³-hybridized carbons (Fsp3) is 0.348. The normalized spacial score (nSPS) is 16.6. The summed E-state index contributed by atoms with van der Waals surface area (Å²) in [6, 6.07) is 11.9. The second-order valence-electron chi connectivity index (χ2n) is 8.06. The van der Waals surface area contributed by atoms with Crippen LogP contribution in [0.3, 0.4) is 0 Å². The number of hydrogen-bond acceptors (Lipinski definition) is 4. The number of aryl methyl sites for hydroxylation is 1. The predicted molar refractivity (Wildman–Crippen MR) is 116 cm³/mol. The molecule has 0 spiro atoms. The summed E-state index contributed by atoms with van der Waals surface area (Å²) in [5.74, 6) is 0.240. The van der Waals surface area contributed by atoms with Crippen molar-refractivity contribution in [3.8, 4) is 0 Å². The topological polar surface area (TPSA) is 67.2 Å². The van der Waals surface area contributed by atoms with Crippen molar-refractivity contribution in [3.05, 3.63) is 64.2 Å². The molecule has 30 heavy (non-hydrogen) atoms. The van der Waals surface area contributed by atoms with Crippen molar-refractivity contribution in [2.24, 2.45) is 5.92 Å². The quantitative estimate of drug-likeness (QED) is 0.715. The molecule has 2 heterocycles. The van der Waals surface area contributed by atoms with Gasteiger partial charge in [0.05, 0.1) is 11.1 Å². The maximum Gasteiger partial charge on any atom is 0.275 e. The molecule has 0 bridgehead atoms. The molecule has 4 rings (SSSR count). The molecular weight excluding hydrogens is 383 g/mol. The summed E-state index contributed by atoms with van der Waals surface area (Å²) in [6.07, 6.45) is 2.22. The summed E-state index contributed by atoms with van der Waals surface area (Å²) >= 11 is 0. The van der Waals surface area contributed by atoms with Crippen molar-refractivity contribution in [3.63, 3.8) is 0 Å². The largest absolute Gasteiger partial charge is 0.354 e. The van der Waals surface area contributed by atoms with Crippen LogP contribution in [0, 0.1) is 18.7 Å². The number of anilines is 2. The van der Waals surface area contributed by atoms with E-state index in [0.29, 0.717) is 17.1 Å². The maximum absolute atomic E-state index is 14.1. The van der Waals surface area contributed by atoms with Crippen LogP contribution in [0.15, 0.2) is 47.3 Å². The Labute approximate surface area is 174 Å². The van der Waals surface area contributed by atoms with E-state index in [1.54, 1.807) is 25.1 Å². The lowest BCUT2D eigenvalue weighted by Gasteiger charge is -2.32. The molecule has 156 valence electrons. The van der Waals surface area contributed by atoms with Gasteiger partial charge in [0.25, 0.3) is 5.56 Å². The molecule has 1 fully saturated rings. The van der Waals surface area contributed by atoms with Crippen molar-refractivity contribution in [1.82, 2.24) is 9.78 Å². The van der Waals surface area contributed by atoms with Gasteiger partial charge >= 0.3 is 0 Å². The van der Waals surface area contributed by atoms with E-state index >= 15 is 0 Å². The molecule has 7 heteroatoms. The molecule has 1 N–H and O–H groups in total. The van der Waals surface area contributed by atoms with E-state index in [1.165, 1.54) is 23.2 Å². The third kappa shape index (κ3) is 4.06. The van der Waals surface area contributed by atoms with Gasteiger partial charge in [-0.2, -0.15) is 5.10 Å². The summed E-state index contributed by atoms with van der Waals surface area (Å²) in [6.45, 7) is 5.41. The summed E-state index contributed by atoms with van der Waals surface area (Å²) in [4.78, 5) is 27.7. The highest BCUT2D eigenvalue weighted by Crippen LogP contribution is 2.26. The standard InChI is InChI=1S/C23H25FN4O2/c1-15-9-10-20(19(24)12-15)25-21(29)14-28-23(30)18-8-4-3-7-17(18)22(26-28)27-11-5-6-16(2)13-27/h3-4,7-10,12,16H,5-6,11,13-14H2,1-2H3,(H,25,29). The van der Waals surface area contributed by atoms with Crippen molar-refractivity contribution in [1.29, 1.82) is 0 Å². The third-order valence-corrected chi connectivity index (χ3v) is 5.50. The second kappa shape index (κ2) is 8.26. The Hall–Kier alpha value is -3.22. The van der Waals surface area contributed by atoms with Crippen molar-refractivity contribution < 1.29 is 9.18 Å². The van der Waals surface area contributed by atoms with Crippen molar-refractivity contribution >= 4 is 28.2 Å². The van der Waals surface area contributed by atoms with Gasteiger partial charge in [-0.25, -0.2) is 9.07 Å². The molecule has 2 aromatic carbocycles. The highest BCUT2D eigenvalue weighted by Gasteiger charge is 2.22. The lowest BCUT2D eigenvalue weighted by Crippen LogP contribution is -2.38. The van der Waals surface area contributed by atoms with Crippen LogP contribution in [0.25, 0.3) is 10.8 Å². The van der Waals surface area contributed by atoms with Gasteiger partial charge in [-0.3, -0.25) is 9.59 Å². The van der Waals surface area contributed by atoms with Crippen LogP contribution in [-0.2, 0) is 11.3 Å². The van der Waals surface area contributed by atoms with Crippen molar-refractivity contribution in [2.75, 3.05) is 23.3 Å². The fourth-order valence-corrected chi connectivity index (χ4v) is 3.99. The van der Waals surface area contributed by atoms with E-state index in [2.05, 4.69) is 22.2 Å². The number of aromatic nitrogens is 2. The predicted octanol–water partition coefficient (Wildman–Crippen LogP) is 3.72. The lowest BCUT2D eigenvalue weighted by atomic mass is 10.00. The van der Waals surface area contributed by atoms with Gasteiger partial charge in [-0.1, -0.05) is 31.2 Å². The lowest BCUT2D eigenvalue weighted by molar-refractivity contribution is -0.117.